The molecule has 0 spiro atoms. The molecule has 0 aromatic carbocycles. The highest BCUT2D eigenvalue weighted by atomic mass is 15.3. The molecule has 0 radical (unpaired) electrons. The molecule has 98 valence electrons. The monoisotopic (exact) mass is 237 g/mol. The molecule has 4 atom stereocenters. The highest BCUT2D eigenvalue weighted by Gasteiger charge is 2.39. The van der Waals surface area contributed by atoms with Crippen LogP contribution in [0, 0.1) is 0 Å². The van der Waals surface area contributed by atoms with Gasteiger partial charge in [0.05, 0.1) is 0 Å². The van der Waals surface area contributed by atoms with Gasteiger partial charge < -0.3 is 5.73 Å². The number of piperazine rings is 1. The third-order valence-corrected chi connectivity index (χ3v) is 5.19. The number of hydrogen-bond acceptors (Lipinski definition) is 3. The Labute approximate surface area is 105 Å². The van der Waals surface area contributed by atoms with Crippen molar-refractivity contribution >= 4 is 0 Å². The first-order valence-electron chi connectivity index (χ1n) is 7.51. The van der Waals surface area contributed by atoms with Crippen LogP contribution in [0.25, 0.3) is 0 Å². The van der Waals surface area contributed by atoms with Crippen molar-refractivity contribution in [1.29, 1.82) is 0 Å². The zero-order valence-corrected chi connectivity index (χ0v) is 11.1. The molecule has 2 N–H and O–H groups in total. The predicted molar refractivity (Wildman–Crippen MR) is 71.0 cm³/mol. The van der Waals surface area contributed by atoms with Crippen molar-refractivity contribution in [2.75, 3.05) is 19.6 Å². The molecule has 2 aliphatic heterocycles. The Kier molecular flexibility index (Phi) is 3.42. The first kappa shape index (κ1) is 11.9. The van der Waals surface area contributed by atoms with Crippen molar-refractivity contribution in [2.45, 2.75) is 69.6 Å². The van der Waals surface area contributed by atoms with Crippen molar-refractivity contribution in [2.24, 2.45) is 5.73 Å². The molecule has 3 rings (SSSR count). The molecule has 3 heteroatoms. The maximum atomic E-state index is 6.28. The summed E-state index contributed by atoms with van der Waals surface area (Å²) in [5.41, 5.74) is 6.28. The fraction of sp³-hybridized carbons (Fsp3) is 1.00. The van der Waals surface area contributed by atoms with Crippen molar-refractivity contribution < 1.29 is 0 Å². The lowest BCUT2D eigenvalue weighted by Crippen LogP contribution is -2.62. The van der Waals surface area contributed by atoms with E-state index in [1.54, 1.807) is 0 Å². The van der Waals surface area contributed by atoms with Gasteiger partial charge in [-0.3, -0.25) is 9.80 Å². The summed E-state index contributed by atoms with van der Waals surface area (Å²) in [5, 5.41) is 0. The molecule has 1 saturated carbocycles. The summed E-state index contributed by atoms with van der Waals surface area (Å²) in [5.74, 6) is 0. The summed E-state index contributed by atoms with van der Waals surface area (Å²) in [6.07, 6.45) is 8.15. The lowest BCUT2D eigenvalue weighted by atomic mass is 9.95. The Morgan fingerprint density at radius 2 is 1.88 bits per heavy atom. The normalized spacial score (nSPS) is 44.8. The lowest BCUT2D eigenvalue weighted by Gasteiger charge is -2.50. The molecule has 2 heterocycles. The molecule has 0 aromatic heterocycles. The van der Waals surface area contributed by atoms with E-state index in [9.17, 15) is 0 Å². The van der Waals surface area contributed by atoms with E-state index < -0.39 is 0 Å². The minimum Gasteiger partial charge on any atom is -0.326 e. The Morgan fingerprint density at radius 3 is 2.65 bits per heavy atom. The molecule has 3 fully saturated rings. The van der Waals surface area contributed by atoms with E-state index >= 15 is 0 Å². The standard InChI is InChI=1S/C14H27N3/c1-11-9-16-8-3-2-5-12(16)10-17(11)14-7-4-6-13(14)15/h11-14H,2-10,15H2,1H3. The highest BCUT2D eigenvalue weighted by Crippen LogP contribution is 2.30. The first-order chi connectivity index (χ1) is 8.25. The van der Waals surface area contributed by atoms with Gasteiger partial charge in [-0.1, -0.05) is 12.8 Å². The van der Waals surface area contributed by atoms with Crippen LogP contribution in [0.4, 0.5) is 0 Å². The quantitative estimate of drug-likeness (QED) is 0.749. The molecule has 0 bridgehead atoms. The molecule has 3 aliphatic rings. The van der Waals surface area contributed by atoms with Crippen LogP contribution in [-0.4, -0.2) is 53.6 Å². The third kappa shape index (κ3) is 2.25. The fourth-order valence-corrected chi connectivity index (χ4v) is 4.22. The number of nitrogens with zero attached hydrogens (tertiary/aromatic N) is 2. The van der Waals surface area contributed by atoms with Crippen LogP contribution in [0.3, 0.4) is 0 Å². The summed E-state index contributed by atoms with van der Waals surface area (Å²) < 4.78 is 0. The van der Waals surface area contributed by atoms with Crippen molar-refractivity contribution in [3.63, 3.8) is 0 Å². The molecule has 1 aliphatic carbocycles. The van der Waals surface area contributed by atoms with Gasteiger partial charge in [0.2, 0.25) is 0 Å². The van der Waals surface area contributed by atoms with Gasteiger partial charge in [-0.2, -0.15) is 0 Å². The van der Waals surface area contributed by atoms with E-state index in [-0.39, 0.29) is 0 Å². The van der Waals surface area contributed by atoms with Gasteiger partial charge >= 0.3 is 0 Å². The van der Waals surface area contributed by atoms with E-state index in [0.29, 0.717) is 18.1 Å². The number of rotatable bonds is 1. The number of fused-ring (bicyclic) bond motifs is 1. The largest absolute Gasteiger partial charge is 0.326 e. The number of nitrogens with two attached hydrogens (primary N) is 1. The summed E-state index contributed by atoms with van der Waals surface area (Å²) in [7, 11) is 0. The zero-order chi connectivity index (χ0) is 11.8. The van der Waals surface area contributed by atoms with Gasteiger partial charge in [-0.25, -0.2) is 0 Å². The smallest absolute Gasteiger partial charge is 0.0251 e. The second-order valence-electron chi connectivity index (χ2n) is 6.35. The molecule has 0 aromatic rings. The van der Waals surface area contributed by atoms with Crippen LogP contribution in [0.15, 0.2) is 0 Å². The fourth-order valence-electron chi connectivity index (χ4n) is 4.22. The van der Waals surface area contributed by atoms with E-state index in [2.05, 4.69) is 16.7 Å². The second kappa shape index (κ2) is 4.87. The predicted octanol–water partition coefficient (Wildman–Crippen LogP) is 1.42. The van der Waals surface area contributed by atoms with Gasteiger partial charge in [0.15, 0.2) is 0 Å². The van der Waals surface area contributed by atoms with E-state index in [1.807, 2.05) is 0 Å². The molecule has 0 amide bonds. The van der Waals surface area contributed by atoms with Crippen molar-refractivity contribution in [3.05, 3.63) is 0 Å². The van der Waals surface area contributed by atoms with Gasteiger partial charge in [0.25, 0.3) is 0 Å². The van der Waals surface area contributed by atoms with Crippen LogP contribution >= 0.6 is 0 Å². The molecule has 4 unspecified atom stereocenters. The van der Waals surface area contributed by atoms with Gasteiger partial charge in [0.1, 0.15) is 0 Å². The summed E-state index contributed by atoms with van der Waals surface area (Å²) in [6, 6.07) is 2.65. The maximum Gasteiger partial charge on any atom is 0.0251 e. The Morgan fingerprint density at radius 1 is 1.00 bits per heavy atom. The maximum absolute atomic E-state index is 6.28. The molecular formula is C14H27N3. The SMILES string of the molecule is CC1CN2CCCCC2CN1C1CCCC1N. The number of piperidine rings is 1. The number of hydrogen-bond donors (Lipinski definition) is 1. The van der Waals surface area contributed by atoms with E-state index in [4.69, 9.17) is 5.73 Å². The third-order valence-electron chi connectivity index (χ3n) is 5.19. The van der Waals surface area contributed by atoms with Crippen molar-refractivity contribution in [3.8, 4) is 0 Å². The van der Waals surface area contributed by atoms with Gasteiger partial charge in [-0.15, -0.1) is 0 Å². The molecule has 17 heavy (non-hydrogen) atoms. The van der Waals surface area contributed by atoms with E-state index in [1.165, 1.54) is 58.2 Å². The van der Waals surface area contributed by atoms with Crippen LogP contribution in [-0.2, 0) is 0 Å². The Bertz CT molecular complexity index is 268. The molecule has 2 saturated heterocycles. The van der Waals surface area contributed by atoms with Crippen LogP contribution in [0.5, 0.6) is 0 Å². The van der Waals surface area contributed by atoms with Crippen LogP contribution in [0.1, 0.15) is 45.4 Å². The average Bonchev–Trinajstić information content (AvgIpc) is 2.74. The zero-order valence-electron chi connectivity index (χ0n) is 11.1. The Balaban J connectivity index is 1.68. The highest BCUT2D eigenvalue weighted by molar-refractivity contribution is 4.96. The second-order valence-corrected chi connectivity index (χ2v) is 6.35. The minimum absolute atomic E-state index is 0.438. The first-order valence-corrected chi connectivity index (χ1v) is 7.51. The van der Waals surface area contributed by atoms with Crippen molar-refractivity contribution in [1.82, 2.24) is 9.80 Å². The topological polar surface area (TPSA) is 32.5 Å². The minimum atomic E-state index is 0.438. The van der Waals surface area contributed by atoms with Gasteiger partial charge in [0, 0.05) is 37.3 Å². The average molecular weight is 237 g/mol. The van der Waals surface area contributed by atoms with E-state index in [0.717, 1.165) is 6.04 Å². The Hall–Kier alpha value is -0.120. The molecular weight excluding hydrogens is 210 g/mol. The van der Waals surface area contributed by atoms with Crippen LogP contribution in [0.2, 0.25) is 0 Å². The summed E-state index contributed by atoms with van der Waals surface area (Å²) in [4.78, 5) is 5.47. The van der Waals surface area contributed by atoms with Gasteiger partial charge in [-0.05, 0) is 39.2 Å². The van der Waals surface area contributed by atoms with Crippen LogP contribution < -0.4 is 5.73 Å². The summed E-state index contributed by atoms with van der Waals surface area (Å²) in [6.45, 7) is 6.28. The molecule has 3 nitrogen and oxygen atoms in total. The summed E-state index contributed by atoms with van der Waals surface area (Å²) >= 11 is 0. The lowest BCUT2D eigenvalue weighted by molar-refractivity contribution is -0.00946.